The zero-order valence-electron chi connectivity index (χ0n) is 12.4. The molecule has 0 bridgehead atoms. The van der Waals surface area contributed by atoms with E-state index in [4.69, 9.17) is 4.74 Å². The van der Waals surface area contributed by atoms with Crippen LogP contribution < -0.4 is 5.32 Å². The van der Waals surface area contributed by atoms with Crippen molar-refractivity contribution >= 4 is 5.69 Å². The summed E-state index contributed by atoms with van der Waals surface area (Å²) >= 11 is 0. The second-order valence-electron chi connectivity index (χ2n) is 5.44. The second kappa shape index (κ2) is 6.92. The van der Waals surface area contributed by atoms with Crippen molar-refractivity contribution < 1.29 is 4.74 Å². The molecule has 0 aliphatic carbocycles. The van der Waals surface area contributed by atoms with Gasteiger partial charge in [0.15, 0.2) is 0 Å². The number of nitrogens with zero attached hydrogens (tertiary/aromatic N) is 1. The molecule has 2 unspecified atom stereocenters. The first-order valence-electron chi connectivity index (χ1n) is 7.36. The van der Waals surface area contributed by atoms with E-state index in [0.717, 1.165) is 32.7 Å². The molecule has 3 nitrogen and oxygen atoms in total. The number of rotatable bonds is 5. The molecular formula is C16H26N2O. The summed E-state index contributed by atoms with van der Waals surface area (Å²) in [5.41, 5.74) is 2.56. The fraction of sp³-hybridized carbons (Fsp3) is 0.625. The molecule has 0 saturated carbocycles. The summed E-state index contributed by atoms with van der Waals surface area (Å²) in [4.78, 5) is 2.56. The van der Waals surface area contributed by atoms with E-state index >= 15 is 0 Å². The van der Waals surface area contributed by atoms with Gasteiger partial charge >= 0.3 is 0 Å². The molecule has 1 aromatic rings. The van der Waals surface area contributed by atoms with Crippen LogP contribution >= 0.6 is 0 Å². The Balaban J connectivity index is 1.82. The first kappa shape index (κ1) is 14.4. The third kappa shape index (κ3) is 3.95. The number of benzene rings is 1. The molecule has 2 atom stereocenters. The Morgan fingerprint density at radius 3 is 2.89 bits per heavy atom. The summed E-state index contributed by atoms with van der Waals surface area (Å²) in [6, 6.07) is 9.04. The summed E-state index contributed by atoms with van der Waals surface area (Å²) in [6.45, 7) is 10.6. The highest BCUT2D eigenvalue weighted by Crippen LogP contribution is 2.15. The largest absolute Gasteiger partial charge is 0.384 e. The molecule has 1 fully saturated rings. The van der Waals surface area contributed by atoms with Crippen LogP contribution in [0.25, 0.3) is 0 Å². The van der Waals surface area contributed by atoms with Crippen LogP contribution in [0.1, 0.15) is 25.8 Å². The molecule has 1 N–H and O–H groups in total. The Labute approximate surface area is 116 Å². The molecule has 1 aliphatic rings. The second-order valence-corrected chi connectivity index (χ2v) is 5.44. The molecule has 1 aromatic carbocycles. The lowest BCUT2D eigenvalue weighted by atomic mass is 10.1. The van der Waals surface area contributed by atoms with E-state index in [2.05, 4.69) is 55.3 Å². The summed E-state index contributed by atoms with van der Waals surface area (Å²) in [7, 11) is 0. The molecule has 1 heterocycles. The van der Waals surface area contributed by atoms with Crippen molar-refractivity contribution in [2.24, 2.45) is 0 Å². The molecule has 0 radical (unpaired) electrons. The Bertz CT molecular complexity index is 394. The lowest BCUT2D eigenvalue weighted by Gasteiger charge is -2.38. The van der Waals surface area contributed by atoms with Gasteiger partial charge in [0.1, 0.15) is 0 Å². The van der Waals surface area contributed by atoms with Crippen LogP contribution in [-0.2, 0) is 4.74 Å². The number of hydrogen-bond acceptors (Lipinski definition) is 3. The van der Waals surface area contributed by atoms with Gasteiger partial charge in [0, 0.05) is 31.4 Å². The quantitative estimate of drug-likeness (QED) is 0.883. The van der Waals surface area contributed by atoms with Crippen molar-refractivity contribution in [1.29, 1.82) is 0 Å². The van der Waals surface area contributed by atoms with Crippen LogP contribution in [0, 0.1) is 6.92 Å². The van der Waals surface area contributed by atoms with E-state index in [-0.39, 0.29) is 0 Å². The Kier molecular flexibility index (Phi) is 5.23. The lowest BCUT2D eigenvalue weighted by molar-refractivity contribution is -0.0541. The minimum absolute atomic E-state index is 0.362. The van der Waals surface area contributed by atoms with Gasteiger partial charge in [-0.2, -0.15) is 0 Å². The summed E-state index contributed by atoms with van der Waals surface area (Å²) in [6.07, 6.45) is 1.53. The van der Waals surface area contributed by atoms with E-state index < -0.39 is 0 Å². The zero-order valence-corrected chi connectivity index (χ0v) is 12.4. The number of hydrogen-bond donors (Lipinski definition) is 1. The molecule has 1 saturated heterocycles. The van der Waals surface area contributed by atoms with Crippen LogP contribution in [-0.4, -0.2) is 43.3 Å². The molecular weight excluding hydrogens is 236 g/mol. The van der Waals surface area contributed by atoms with Crippen molar-refractivity contribution in [2.75, 3.05) is 31.6 Å². The molecule has 3 heteroatoms. The SMILES string of the molecule is CCC1COC(C)CN1CCNc1ccccc1C. The highest BCUT2D eigenvalue weighted by atomic mass is 16.5. The van der Waals surface area contributed by atoms with Crippen LogP contribution in [0.2, 0.25) is 0 Å². The lowest BCUT2D eigenvalue weighted by Crippen LogP contribution is -2.49. The minimum atomic E-state index is 0.362. The standard InChI is InChI=1S/C16H26N2O/c1-4-15-12-19-14(3)11-18(15)10-9-17-16-8-6-5-7-13(16)2/h5-8,14-15,17H,4,9-12H2,1-3H3. The van der Waals surface area contributed by atoms with Gasteiger partial charge in [-0.1, -0.05) is 25.1 Å². The van der Waals surface area contributed by atoms with E-state index in [1.54, 1.807) is 0 Å². The Morgan fingerprint density at radius 1 is 1.37 bits per heavy atom. The first-order chi connectivity index (χ1) is 9.20. The number of aryl methyl sites for hydroxylation is 1. The maximum absolute atomic E-state index is 5.73. The van der Waals surface area contributed by atoms with Gasteiger partial charge < -0.3 is 10.1 Å². The number of morpholine rings is 1. The molecule has 19 heavy (non-hydrogen) atoms. The van der Waals surface area contributed by atoms with Gasteiger partial charge in [0.25, 0.3) is 0 Å². The number of para-hydroxylation sites is 1. The molecule has 0 spiro atoms. The molecule has 0 amide bonds. The number of nitrogens with one attached hydrogen (secondary N) is 1. The fourth-order valence-corrected chi connectivity index (χ4v) is 2.67. The molecule has 2 rings (SSSR count). The maximum atomic E-state index is 5.73. The minimum Gasteiger partial charge on any atom is -0.384 e. The molecule has 1 aliphatic heterocycles. The van der Waals surface area contributed by atoms with Crippen LogP contribution in [0.4, 0.5) is 5.69 Å². The Hall–Kier alpha value is -1.06. The topological polar surface area (TPSA) is 24.5 Å². The first-order valence-corrected chi connectivity index (χ1v) is 7.36. The monoisotopic (exact) mass is 262 g/mol. The van der Waals surface area contributed by atoms with E-state index in [1.165, 1.54) is 11.3 Å². The highest BCUT2D eigenvalue weighted by molar-refractivity contribution is 5.50. The summed E-state index contributed by atoms with van der Waals surface area (Å²) in [5, 5.41) is 3.54. The average Bonchev–Trinajstić information content (AvgIpc) is 2.41. The van der Waals surface area contributed by atoms with Gasteiger partial charge in [-0.05, 0) is 31.9 Å². The van der Waals surface area contributed by atoms with Gasteiger partial charge in [-0.25, -0.2) is 0 Å². The third-order valence-electron chi connectivity index (χ3n) is 3.91. The van der Waals surface area contributed by atoms with Crippen molar-refractivity contribution in [3.8, 4) is 0 Å². The summed E-state index contributed by atoms with van der Waals surface area (Å²) in [5.74, 6) is 0. The predicted octanol–water partition coefficient (Wildman–Crippen LogP) is 2.91. The van der Waals surface area contributed by atoms with Crippen molar-refractivity contribution in [3.05, 3.63) is 29.8 Å². The van der Waals surface area contributed by atoms with Crippen molar-refractivity contribution in [2.45, 2.75) is 39.3 Å². The van der Waals surface area contributed by atoms with Crippen molar-refractivity contribution in [1.82, 2.24) is 4.90 Å². The third-order valence-corrected chi connectivity index (χ3v) is 3.91. The van der Waals surface area contributed by atoms with E-state index in [1.807, 2.05) is 0 Å². The normalized spacial score (nSPS) is 24.4. The molecule has 106 valence electrons. The fourth-order valence-electron chi connectivity index (χ4n) is 2.67. The number of anilines is 1. The van der Waals surface area contributed by atoms with E-state index in [9.17, 15) is 0 Å². The summed E-state index contributed by atoms with van der Waals surface area (Å²) < 4.78 is 5.73. The van der Waals surface area contributed by atoms with Crippen molar-refractivity contribution in [3.63, 3.8) is 0 Å². The highest BCUT2D eigenvalue weighted by Gasteiger charge is 2.24. The average molecular weight is 262 g/mol. The van der Waals surface area contributed by atoms with Crippen LogP contribution in [0.15, 0.2) is 24.3 Å². The zero-order chi connectivity index (χ0) is 13.7. The van der Waals surface area contributed by atoms with Crippen LogP contribution in [0.3, 0.4) is 0 Å². The van der Waals surface area contributed by atoms with E-state index in [0.29, 0.717) is 12.1 Å². The predicted molar refractivity (Wildman–Crippen MR) is 80.7 cm³/mol. The Morgan fingerprint density at radius 2 is 2.16 bits per heavy atom. The van der Waals surface area contributed by atoms with Gasteiger partial charge in [0.05, 0.1) is 12.7 Å². The maximum Gasteiger partial charge on any atom is 0.0674 e. The number of ether oxygens (including phenoxy) is 1. The van der Waals surface area contributed by atoms with Gasteiger partial charge in [-0.3, -0.25) is 4.90 Å². The van der Waals surface area contributed by atoms with Crippen LogP contribution in [0.5, 0.6) is 0 Å². The smallest absolute Gasteiger partial charge is 0.0674 e. The van der Waals surface area contributed by atoms with Gasteiger partial charge in [-0.15, -0.1) is 0 Å². The van der Waals surface area contributed by atoms with Gasteiger partial charge in [0.2, 0.25) is 0 Å². The molecule has 0 aromatic heterocycles.